The average molecular weight is 162 g/mol. The van der Waals surface area contributed by atoms with Gasteiger partial charge in [-0.1, -0.05) is 12.1 Å². The Bertz CT molecular complexity index is 307. The molecule has 1 radical (unpaired) electrons. The summed E-state index contributed by atoms with van der Waals surface area (Å²) in [6.07, 6.45) is 1.74. The minimum Gasteiger partial charge on any atom is -0.326 e. The topological polar surface area (TPSA) is 46.2 Å². The summed E-state index contributed by atoms with van der Waals surface area (Å²) >= 11 is 0. The second kappa shape index (κ2) is 3.67. The van der Waals surface area contributed by atoms with Gasteiger partial charge in [-0.25, -0.2) is 0 Å². The first-order chi connectivity index (χ1) is 5.72. The summed E-state index contributed by atoms with van der Waals surface area (Å²) in [5.74, 6) is -0.155. The SMILES string of the molecule is CC(=O)Nc1cccc([C]=O)c1. The maximum atomic E-state index is 10.6. The Hall–Kier alpha value is -1.64. The van der Waals surface area contributed by atoms with Crippen LogP contribution in [0.2, 0.25) is 0 Å². The Balaban J connectivity index is 2.86. The quantitative estimate of drug-likeness (QED) is 0.707. The Morgan fingerprint density at radius 3 is 2.83 bits per heavy atom. The average Bonchev–Trinajstić information content (AvgIpc) is 2.03. The van der Waals surface area contributed by atoms with Gasteiger partial charge < -0.3 is 5.32 Å². The van der Waals surface area contributed by atoms with Crippen LogP contribution in [0.1, 0.15) is 12.5 Å². The van der Waals surface area contributed by atoms with Crippen LogP contribution < -0.4 is 5.32 Å². The summed E-state index contributed by atoms with van der Waals surface area (Å²) in [6.45, 7) is 1.41. The van der Waals surface area contributed by atoms with Crippen molar-refractivity contribution in [2.45, 2.75) is 6.92 Å². The molecule has 0 aliphatic rings. The third kappa shape index (κ3) is 2.20. The third-order valence-electron chi connectivity index (χ3n) is 1.30. The summed E-state index contributed by atoms with van der Waals surface area (Å²) in [6, 6.07) is 6.58. The largest absolute Gasteiger partial charge is 0.326 e. The lowest BCUT2D eigenvalue weighted by molar-refractivity contribution is -0.114. The van der Waals surface area contributed by atoms with E-state index in [1.54, 1.807) is 30.6 Å². The van der Waals surface area contributed by atoms with Crippen molar-refractivity contribution in [1.82, 2.24) is 0 Å². The van der Waals surface area contributed by atoms with E-state index in [1.165, 1.54) is 6.92 Å². The minimum absolute atomic E-state index is 0.155. The van der Waals surface area contributed by atoms with Gasteiger partial charge >= 0.3 is 0 Å². The second-order valence-corrected chi connectivity index (χ2v) is 2.36. The van der Waals surface area contributed by atoms with Gasteiger partial charge in [0.05, 0.1) is 0 Å². The van der Waals surface area contributed by atoms with Crippen LogP contribution in [0.3, 0.4) is 0 Å². The zero-order chi connectivity index (χ0) is 8.97. The van der Waals surface area contributed by atoms with E-state index in [0.717, 1.165) is 0 Å². The predicted octanol–water partition coefficient (Wildman–Crippen LogP) is 1.10. The van der Waals surface area contributed by atoms with E-state index in [1.807, 2.05) is 0 Å². The van der Waals surface area contributed by atoms with Crippen LogP contribution in [-0.2, 0) is 9.59 Å². The van der Waals surface area contributed by atoms with Crippen molar-refractivity contribution < 1.29 is 9.59 Å². The van der Waals surface area contributed by atoms with Gasteiger partial charge in [0.25, 0.3) is 0 Å². The molecular weight excluding hydrogens is 154 g/mol. The van der Waals surface area contributed by atoms with Gasteiger partial charge in [0.2, 0.25) is 12.2 Å². The standard InChI is InChI=1S/C9H8NO2/c1-7(12)10-9-4-2-3-8(5-9)6-11/h2-5H,1H3,(H,10,12). The van der Waals surface area contributed by atoms with Crippen molar-refractivity contribution in [1.29, 1.82) is 0 Å². The molecule has 1 aromatic carbocycles. The highest BCUT2D eigenvalue weighted by Gasteiger charge is 1.96. The third-order valence-corrected chi connectivity index (χ3v) is 1.30. The monoisotopic (exact) mass is 162 g/mol. The Labute approximate surface area is 70.4 Å². The molecule has 3 nitrogen and oxygen atoms in total. The highest BCUT2D eigenvalue weighted by atomic mass is 16.1. The molecule has 0 unspecified atom stereocenters. The smallest absolute Gasteiger partial charge is 0.233 e. The maximum Gasteiger partial charge on any atom is 0.233 e. The normalized spacial score (nSPS) is 9.08. The van der Waals surface area contributed by atoms with E-state index >= 15 is 0 Å². The maximum absolute atomic E-state index is 10.6. The first-order valence-electron chi connectivity index (χ1n) is 3.48. The second-order valence-electron chi connectivity index (χ2n) is 2.36. The molecule has 0 bridgehead atoms. The van der Waals surface area contributed by atoms with Gasteiger partial charge in [-0.3, -0.25) is 9.59 Å². The Morgan fingerprint density at radius 1 is 1.50 bits per heavy atom. The fraction of sp³-hybridized carbons (Fsp3) is 0.111. The van der Waals surface area contributed by atoms with Gasteiger partial charge in [-0.05, 0) is 12.1 Å². The number of amides is 1. The highest BCUT2D eigenvalue weighted by Crippen LogP contribution is 2.08. The molecule has 0 aromatic heterocycles. The molecule has 1 amide bonds. The van der Waals surface area contributed by atoms with Crippen molar-refractivity contribution in [3.63, 3.8) is 0 Å². The van der Waals surface area contributed by atoms with Gasteiger partial charge in [0, 0.05) is 18.2 Å². The van der Waals surface area contributed by atoms with Gasteiger partial charge in [0.15, 0.2) is 0 Å². The lowest BCUT2D eigenvalue weighted by Crippen LogP contribution is -2.05. The molecule has 61 valence electrons. The molecule has 0 saturated heterocycles. The van der Waals surface area contributed by atoms with Crippen molar-refractivity contribution in [3.8, 4) is 0 Å². The molecule has 3 heteroatoms. The van der Waals surface area contributed by atoms with Crippen LogP contribution in [0.15, 0.2) is 24.3 Å². The molecule has 0 spiro atoms. The van der Waals surface area contributed by atoms with Gasteiger partial charge in [-0.2, -0.15) is 0 Å². The van der Waals surface area contributed by atoms with Crippen LogP contribution in [0.4, 0.5) is 5.69 Å². The zero-order valence-electron chi connectivity index (χ0n) is 6.63. The van der Waals surface area contributed by atoms with Crippen LogP contribution in [0.25, 0.3) is 0 Å². The van der Waals surface area contributed by atoms with Crippen molar-refractivity contribution in [2.75, 3.05) is 5.32 Å². The predicted molar refractivity (Wildman–Crippen MR) is 45.5 cm³/mol. The Kier molecular flexibility index (Phi) is 2.58. The van der Waals surface area contributed by atoms with E-state index in [4.69, 9.17) is 0 Å². The molecular formula is C9H8NO2. The summed E-state index contributed by atoms with van der Waals surface area (Å²) in [5.41, 5.74) is 1.05. The molecule has 0 aliphatic carbocycles. The number of hydrogen-bond donors (Lipinski definition) is 1. The number of nitrogens with one attached hydrogen (secondary N) is 1. The molecule has 0 heterocycles. The van der Waals surface area contributed by atoms with E-state index in [-0.39, 0.29) is 5.91 Å². The lowest BCUT2D eigenvalue weighted by Gasteiger charge is -2.00. The van der Waals surface area contributed by atoms with E-state index in [2.05, 4.69) is 5.32 Å². The fourth-order valence-corrected chi connectivity index (χ4v) is 0.864. The number of carbonyl (C=O) groups excluding carboxylic acids is 2. The summed E-state index contributed by atoms with van der Waals surface area (Å²) in [5, 5.41) is 2.56. The molecule has 0 atom stereocenters. The van der Waals surface area contributed by atoms with Gasteiger partial charge in [-0.15, -0.1) is 0 Å². The summed E-state index contributed by atoms with van der Waals surface area (Å²) < 4.78 is 0. The highest BCUT2D eigenvalue weighted by molar-refractivity contribution is 5.89. The molecule has 1 aromatic rings. The van der Waals surface area contributed by atoms with Crippen LogP contribution in [0.5, 0.6) is 0 Å². The van der Waals surface area contributed by atoms with Crippen LogP contribution in [0, 0.1) is 0 Å². The molecule has 12 heavy (non-hydrogen) atoms. The minimum atomic E-state index is -0.155. The molecule has 0 fully saturated rings. The zero-order valence-corrected chi connectivity index (χ0v) is 6.63. The molecule has 0 aliphatic heterocycles. The van der Waals surface area contributed by atoms with E-state index in [0.29, 0.717) is 11.3 Å². The number of anilines is 1. The molecule has 1 rings (SSSR count). The summed E-state index contributed by atoms with van der Waals surface area (Å²) in [4.78, 5) is 20.8. The van der Waals surface area contributed by atoms with E-state index in [9.17, 15) is 9.59 Å². The number of rotatable bonds is 2. The van der Waals surface area contributed by atoms with Crippen LogP contribution in [-0.4, -0.2) is 12.2 Å². The van der Waals surface area contributed by atoms with Gasteiger partial charge in [0.1, 0.15) is 0 Å². The first-order valence-corrected chi connectivity index (χ1v) is 3.48. The molecule has 0 saturated carbocycles. The number of hydrogen-bond acceptors (Lipinski definition) is 2. The molecule has 1 N–H and O–H groups in total. The first kappa shape index (κ1) is 8.46. The van der Waals surface area contributed by atoms with E-state index < -0.39 is 0 Å². The Morgan fingerprint density at radius 2 is 2.25 bits per heavy atom. The van der Waals surface area contributed by atoms with Crippen molar-refractivity contribution >= 4 is 17.9 Å². The number of carbonyl (C=O) groups is 1. The lowest BCUT2D eigenvalue weighted by atomic mass is 10.2. The summed E-state index contributed by atoms with van der Waals surface area (Å²) in [7, 11) is 0. The number of benzene rings is 1. The van der Waals surface area contributed by atoms with Crippen LogP contribution >= 0.6 is 0 Å². The van der Waals surface area contributed by atoms with Crippen molar-refractivity contribution in [2.24, 2.45) is 0 Å². The van der Waals surface area contributed by atoms with Crippen molar-refractivity contribution in [3.05, 3.63) is 29.8 Å². The fourth-order valence-electron chi connectivity index (χ4n) is 0.864.